The highest BCUT2D eigenvalue weighted by Crippen LogP contribution is 2.37. The molecule has 1 aromatic rings. The van der Waals surface area contributed by atoms with E-state index in [1.807, 2.05) is 30.3 Å². The number of ketones is 1. The van der Waals surface area contributed by atoms with Gasteiger partial charge in [-0.3, -0.25) is 9.59 Å². The van der Waals surface area contributed by atoms with Crippen LogP contribution in [0.4, 0.5) is 0 Å². The van der Waals surface area contributed by atoms with Crippen LogP contribution in [-0.4, -0.2) is 39.0 Å². The number of methoxy groups -OCH3 is 1. The van der Waals surface area contributed by atoms with Crippen molar-refractivity contribution in [3.63, 3.8) is 0 Å². The average molecular weight is 353 g/mol. The topological polar surface area (TPSA) is 52.6 Å². The standard InChI is InChI=1S/C17H24O4SSi/c1-20-17(19)16-13(11-22-12-8-6-5-7-9-12)15(10-14(16)18)21-23(2,3)4/h5-9,13,15-16H,10-11H2,1-4H3. The molecule has 0 aliphatic heterocycles. The monoisotopic (exact) mass is 352 g/mol. The number of hydrogen-bond acceptors (Lipinski definition) is 5. The van der Waals surface area contributed by atoms with Crippen molar-refractivity contribution in [3.8, 4) is 0 Å². The van der Waals surface area contributed by atoms with Crippen LogP contribution in [0, 0.1) is 11.8 Å². The fourth-order valence-corrected chi connectivity index (χ4v) is 5.17. The molecule has 0 radical (unpaired) electrons. The van der Waals surface area contributed by atoms with E-state index in [0.717, 1.165) is 4.90 Å². The molecule has 3 unspecified atom stereocenters. The molecule has 0 amide bonds. The summed E-state index contributed by atoms with van der Waals surface area (Å²) in [6.45, 7) is 6.30. The van der Waals surface area contributed by atoms with Gasteiger partial charge in [-0.15, -0.1) is 11.8 Å². The minimum atomic E-state index is -1.79. The summed E-state index contributed by atoms with van der Waals surface area (Å²) in [4.78, 5) is 25.5. The molecule has 0 heterocycles. The predicted octanol–water partition coefficient (Wildman–Crippen LogP) is 3.38. The molecular weight excluding hydrogens is 328 g/mol. The zero-order chi connectivity index (χ0) is 17.0. The van der Waals surface area contributed by atoms with Gasteiger partial charge in [0.15, 0.2) is 8.32 Å². The molecule has 1 aliphatic carbocycles. The summed E-state index contributed by atoms with van der Waals surface area (Å²) in [5.74, 6) is -0.649. The summed E-state index contributed by atoms with van der Waals surface area (Å²) < 4.78 is 11.0. The van der Waals surface area contributed by atoms with Crippen LogP contribution >= 0.6 is 11.8 Å². The smallest absolute Gasteiger partial charge is 0.316 e. The van der Waals surface area contributed by atoms with E-state index in [4.69, 9.17) is 9.16 Å². The molecular formula is C17H24O4SSi. The van der Waals surface area contributed by atoms with E-state index in [-0.39, 0.29) is 17.8 Å². The number of carbonyl (C=O) groups is 2. The SMILES string of the molecule is COC(=O)C1C(=O)CC(O[Si](C)(C)C)C1CSc1ccccc1. The second-order valence-corrected chi connectivity index (χ2v) is 12.3. The van der Waals surface area contributed by atoms with E-state index < -0.39 is 20.2 Å². The molecule has 0 N–H and O–H groups in total. The van der Waals surface area contributed by atoms with Gasteiger partial charge in [0.1, 0.15) is 11.7 Å². The zero-order valence-electron chi connectivity index (χ0n) is 14.1. The van der Waals surface area contributed by atoms with E-state index in [2.05, 4.69) is 19.6 Å². The summed E-state index contributed by atoms with van der Waals surface area (Å²) in [6, 6.07) is 10.00. The number of thioether (sulfide) groups is 1. The van der Waals surface area contributed by atoms with E-state index in [0.29, 0.717) is 12.2 Å². The van der Waals surface area contributed by atoms with Crippen LogP contribution in [0.15, 0.2) is 35.2 Å². The van der Waals surface area contributed by atoms with Crippen molar-refractivity contribution in [1.82, 2.24) is 0 Å². The Kier molecular flexibility index (Phi) is 6.05. The lowest BCUT2D eigenvalue weighted by atomic mass is 9.96. The largest absolute Gasteiger partial charge is 0.468 e. The van der Waals surface area contributed by atoms with Gasteiger partial charge in [0, 0.05) is 23.0 Å². The van der Waals surface area contributed by atoms with Crippen LogP contribution in [0.5, 0.6) is 0 Å². The van der Waals surface area contributed by atoms with Crippen LogP contribution in [0.2, 0.25) is 19.6 Å². The van der Waals surface area contributed by atoms with Crippen molar-refractivity contribution in [2.24, 2.45) is 11.8 Å². The average Bonchev–Trinajstić information content (AvgIpc) is 2.79. The van der Waals surface area contributed by atoms with Gasteiger partial charge in [-0.25, -0.2) is 0 Å². The molecule has 0 saturated heterocycles. The minimum absolute atomic E-state index is 0.0567. The highest BCUT2D eigenvalue weighted by Gasteiger charge is 2.48. The summed E-state index contributed by atoms with van der Waals surface area (Å²) >= 11 is 1.66. The Balaban J connectivity index is 2.15. The molecule has 2 rings (SSSR count). The van der Waals surface area contributed by atoms with Gasteiger partial charge in [0.25, 0.3) is 0 Å². The molecule has 23 heavy (non-hydrogen) atoms. The predicted molar refractivity (Wildman–Crippen MR) is 94.0 cm³/mol. The Morgan fingerprint density at radius 1 is 1.26 bits per heavy atom. The number of carbonyl (C=O) groups excluding carboxylic acids is 2. The molecule has 0 spiro atoms. The number of benzene rings is 1. The van der Waals surface area contributed by atoms with Crippen molar-refractivity contribution in [1.29, 1.82) is 0 Å². The fourth-order valence-electron chi connectivity index (χ4n) is 2.86. The molecule has 4 nitrogen and oxygen atoms in total. The Bertz CT molecular complexity index is 555. The second kappa shape index (κ2) is 7.64. The summed E-state index contributed by atoms with van der Waals surface area (Å²) in [6.07, 6.45) is 0.124. The molecule has 6 heteroatoms. The van der Waals surface area contributed by atoms with E-state index >= 15 is 0 Å². The lowest BCUT2D eigenvalue weighted by molar-refractivity contribution is -0.149. The van der Waals surface area contributed by atoms with Crippen LogP contribution in [-0.2, 0) is 18.8 Å². The highest BCUT2D eigenvalue weighted by atomic mass is 32.2. The first-order valence-corrected chi connectivity index (χ1v) is 12.2. The van der Waals surface area contributed by atoms with Crippen molar-refractivity contribution in [2.45, 2.75) is 37.1 Å². The molecule has 1 aliphatic rings. The lowest BCUT2D eigenvalue weighted by Crippen LogP contribution is -2.37. The van der Waals surface area contributed by atoms with Crippen LogP contribution in [0.3, 0.4) is 0 Å². The lowest BCUT2D eigenvalue weighted by Gasteiger charge is -2.28. The Hall–Kier alpha value is -1.11. The maximum Gasteiger partial charge on any atom is 0.316 e. The highest BCUT2D eigenvalue weighted by molar-refractivity contribution is 7.99. The number of esters is 1. The van der Waals surface area contributed by atoms with E-state index in [1.165, 1.54) is 7.11 Å². The second-order valence-electron chi connectivity index (χ2n) is 6.73. The van der Waals surface area contributed by atoms with Crippen molar-refractivity contribution >= 4 is 31.8 Å². The molecule has 1 saturated carbocycles. The first-order chi connectivity index (χ1) is 10.8. The Morgan fingerprint density at radius 3 is 2.48 bits per heavy atom. The summed E-state index contributed by atoms with van der Waals surface area (Å²) in [5, 5.41) is 0. The van der Waals surface area contributed by atoms with Gasteiger partial charge in [-0.2, -0.15) is 0 Å². The van der Waals surface area contributed by atoms with Gasteiger partial charge < -0.3 is 9.16 Å². The fraction of sp³-hybridized carbons (Fsp3) is 0.529. The maximum atomic E-state index is 12.3. The van der Waals surface area contributed by atoms with Gasteiger partial charge in [0.05, 0.1) is 13.2 Å². The van der Waals surface area contributed by atoms with Crippen LogP contribution in [0.25, 0.3) is 0 Å². The van der Waals surface area contributed by atoms with Gasteiger partial charge >= 0.3 is 5.97 Å². The summed E-state index contributed by atoms with van der Waals surface area (Å²) in [7, 11) is -0.453. The van der Waals surface area contributed by atoms with Crippen molar-refractivity contribution in [3.05, 3.63) is 30.3 Å². The Morgan fingerprint density at radius 2 is 1.91 bits per heavy atom. The van der Waals surface area contributed by atoms with Crippen molar-refractivity contribution < 1.29 is 18.8 Å². The number of ether oxygens (including phenoxy) is 1. The van der Waals surface area contributed by atoms with Crippen molar-refractivity contribution in [2.75, 3.05) is 12.9 Å². The molecule has 1 aromatic carbocycles. The number of Topliss-reactive ketones (excluding diaryl/α,β-unsaturated/α-hetero) is 1. The maximum absolute atomic E-state index is 12.3. The molecule has 0 aromatic heterocycles. The van der Waals surface area contributed by atoms with Gasteiger partial charge in [-0.05, 0) is 31.8 Å². The zero-order valence-corrected chi connectivity index (χ0v) is 15.9. The minimum Gasteiger partial charge on any atom is -0.468 e. The number of rotatable bonds is 6. The third kappa shape index (κ3) is 4.93. The third-order valence-electron chi connectivity index (χ3n) is 3.80. The summed E-state index contributed by atoms with van der Waals surface area (Å²) in [5.41, 5.74) is 0. The van der Waals surface area contributed by atoms with Gasteiger partial charge in [-0.1, -0.05) is 18.2 Å². The first kappa shape index (κ1) is 18.2. The van der Waals surface area contributed by atoms with E-state index in [1.54, 1.807) is 11.8 Å². The molecule has 1 fully saturated rings. The molecule has 3 atom stereocenters. The molecule has 0 bridgehead atoms. The normalized spacial score (nSPS) is 24.7. The van der Waals surface area contributed by atoms with Gasteiger partial charge in [0.2, 0.25) is 0 Å². The van der Waals surface area contributed by atoms with Crippen LogP contribution < -0.4 is 0 Å². The number of hydrogen-bond donors (Lipinski definition) is 0. The van der Waals surface area contributed by atoms with Crippen LogP contribution in [0.1, 0.15) is 6.42 Å². The Labute approximate surface area is 143 Å². The van der Waals surface area contributed by atoms with E-state index in [9.17, 15) is 9.59 Å². The third-order valence-corrected chi connectivity index (χ3v) is 5.97. The molecule has 126 valence electrons. The quantitative estimate of drug-likeness (QED) is 0.340. The first-order valence-electron chi connectivity index (χ1n) is 7.78.